The van der Waals surface area contributed by atoms with Crippen LogP contribution < -0.4 is 5.32 Å². The van der Waals surface area contributed by atoms with Crippen molar-refractivity contribution >= 4 is 12.0 Å². The zero-order chi connectivity index (χ0) is 13.0. The third-order valence-electron chi connectivity index (χ3n) is 2.80. The quantitative estimate of drug-likeness (QED) is 0.756. The van der Waals surface area contributed by atoms with E-state index in [1.54, 1.807) is 0 Å². The maximum absolute atomic E-state index is 11.8. The number of carbonyl (C=O) groups excluding carboxylic acids is 1. The fourth-order valence-corrected chi connectivity index (χ4v) is 1.82. The lowest BCUT2D eigenvalue weighted by Crippen LogP contribution is -2.47. The largest absolute Gasteiger partial charge is 0.480 e. The molecule has 1 heterocycles. The topological polar surface area (TPSA) is 78.9 Å². The number of amides is 2. The van der Waals surface area contributed by atoms with E-state index in [0.29, 0.717) is 25.4 Å². The maximum Gasteiger partial charge on any atom is 0.326 e. The summed E-state index contributed by atoms with van der Waals surface area (Å²) >= 11 is 0. The van der Waals surface area contributed by atoms with E-state index in [9.17, 15) is 9.59 Å². The van der Waals surface area contributed by atoms with Crippen molar-refractivity contribution in [2.24, 2.45) is 5.92 Å². The van der Waals surface area contributed by atoms with Gasteiger partial charge in [0.1, 0.15) is 6.04 Å². The molecule has 1 aliphatic heterocycles. The maximum atomic E-state index is 11.8. The summed E-state index contributed by atoms with van der Waals surface area (Å²) in [4.78, 5) is 24.2. The molecule has 1 fully saturated rings. The van der Waals surface area contributed by atoms with Crippen molar-refractivity contribution in [1.82, 2.24) is 10.2 Å². The van der Waals surface area contributed by atoms with Gasteiger partial charge >= 0.3 is 12.0 Å². The minimum atomic E-state index is -0.982. The minimum absolute atomic E-state index is 0.194. The van der Waals surface area contributed by atoms with Crippen molar-refractivity contribution in [3.05, 3.63) is 0 Å². The van der Waals surface area contributed by atoms with Crippen LogP contribution in [-0.4, -0.2) is 54.4 Å². The van der Waals surface area contributed by atoms with Gasteiger partial charge in [-0.05, 0) is 5.92 Å². The van der Waals surface area contributed by atoms with Gasteiger partial charge in [0.25, 0.3) is 0 Å². The number of rotatable bonds is 4. The number of nitrogens with zero attached hydrogens (tertiary/aromatic N) is 1. The number of nitrogens with one attached hydrogen (secondary N) is 1. The molecule has 0 bridgehead atoms. The first-order chi connectivity index (χ1) is 7.95. The Balaban J connectivity index is 2.60. The summed E-state index contributed by atoms with van der Waals surface area (Å²) in [6, 6.07) is -1.11. The SMILES string of the molecule is COC1CC(C(=O)O)N(C(=O)NCC(C)C)C1. The zero-order valence-corrected chi connectivity index (χ0v) is 10.5. The lowest BCUT2D eigenvalue weighted by Gasteiger charge is -2.22. The first-order valence-corrected chi connectivity index (χ1v) is 5.75. The van der Waals surface area contributed by atoms with Crippen LogP contribution in [0.3, 0.4) is 0 Å². The van der Waals surface area contributed by atoms with Crippen LogP contribution in [0.15, 0.2) is 0 Å². The number of aliphatic carboxylic acids is 1. The molecule has 17 heavy (non-hydrogen) atoms. The molecule has 0 spiro atoms. The number of methoxy groups -OCH3 is 1. The summed E-state index contributed by atoms with van der Waals surface area (Å²) in [5.74, 6) is -0.646. The number of carboxylic acid groups (broad SMARTS) is 1. The Labute approximate surface area is 101 Å². The van der Waals surface area contributed by atoms with E-state index in [2.05, 4.69) is 5.32 Å². The highest BCUT2D eigenvalue weighted by molar-refractivity contribution is 5.83. The summed E-state index contributed by atoms with van der Waals surface area (Å²) in [7, 11) is 1.53. The molecule has 98 valence electrons. The molecule has 0 saturated carbocycles. The zero-order valence-electron chi connectivity index (χ0n) is 10.5. The van der Waals surface area contributed by atoms with Gasteiger partial charge in [-0.2, -0.15) is 0 Å². The molecule has 0 aromatic rings. The predicted octanol–water partition coefficient (Wildman–Crippen LogP) is 0.526. The van der Waals surface area contributed by atoms with Crippen LogP contribution in [0.1, 0.15) is 20.3 Å². The fourth-order valence-electron chi connectivity index (χ4n) is 1.82. The Kier molecular flexibility index (Phi) is 4.74. The van der Waals surface area contributed by atoms with Gasteiger partial charge in [-0.15, -0.1) is 0 Å². The van der Waals surface area contributed by atoms with E-state index >= 15 is 0 Å². The number of hydrogen-bond acceptors (Lipinski definition) is 3. The molecule has 0 radical (unpaired) electrons. The standard InChI is InChI=1S/C11H20N2O4/c1-7(2)5-12-11(16)13-6-8(17-3)4-9(13)10(14)15/h7-9H,4-6H2,1-3H3,(H,12,16)(H,14,15). The summed E-state index contributed by atoms with van der Waals surface area (Å²) in [5, 5.41) is 11.8. The van der Waals surface area contributed by atoms with E-state index in [-0.39, 0.29) is 12.1 Å². The molecule has 2 unspecified atom stereocenters. The predicted molar refractivity (Wildman–Crippen MR) is 61.8 cm³/mol. The molecular formula is C11H20N2O4. The number of carbonyl (C=O) groups is 2. The minimum Gasteiger partial charge on any atom is -0.480 e. The molecule has 6 heteroatoms. The van der Waals surface area contributed by atoms with Crippen molar-refractivity contribution < 1.29 is 19.4 Å². The Morgan fingerprint density at radius 3 is 2.65 bits per heavy atom. The van der Waals surface area contributed by atoms with Crippen molar-refractivity contribution in [3.63, 3.8) is 0 Å². The first kappa shape index (κ1) is 13.8. The first-order valence-electron chi connectivity index (χ1n) is 5.75. The molecule has 0 aliphatic carbocycles. The van der Waals surface area contributed by atoms with E-state index < -0.39 is 12.0 Å². The van der Waals surface area contributed by atoms with Crippen LogP contribution in [0.2, 0.25) is 0 Å². The molecular weight excluding hydrogens is 224 g/mol. The Hall–Kier alpha value is -1.30. The molecule has 1 saturated heterocycles. The van der Waals surface area contributed by atoms with Crippen LogP contribution >= 0.6 is 0 Å². The van der Waals surface area contributed by atoms with Crippen molar-refractivity contribution in [2.75, 3.05) is 20.2 Å². The molecule has 2 N–H and O–H groups in total. The molecule has 2 atom stereocenters. The monoisotopic (exact) mass is 244 g/mol. The number of urea groups is 1. The van der Waals surface area contributed by atoms with Crippen LogP contribution in [-0.2, 0) is 9.53 Å². The van der Waals surface area contributed by atoms with Crippen molar-refractivity contribution in [3.8, 4) is 0 Å². The number of likely N-dealkylation sites (tertiary alicyclic amines) is 1. The van der Waals surface area contributed by atoms with Gasteiger partial charge in [0, 0.05) is 26.6 Å². The smallest absolute Gasteiger partial charge is 0.326 e. The van der Waals surface area contributed by atoms with Crippen molar-refractivity contribution in [1.29, 1.82) is 0 Å². The third-order valence-corrected chi connectivity index (χ3v) is 2.80. The molecule has 6 nitrogen and oxygen atoms in total. The van der Waals surface area contributed by atoms with Crippen LogP contribution in [0.25, 0.3) is 0 Å². The van der Waals surface area contributed by atoms with Crippen molar-refractivity contribution in [2.45, 2.75) is 32.4 Å². The van der Waals surface area contributed by atoms with E-state index in [4.69, 9.17) is 9.84 Å². The van der Waals surface area contributed by atoms with Gasteiger partial charge in [0.2, 0.25) is 0 Å². The van der Waals surface area contributed by atoms with E-state index in [1.807, 2.05) is 13.8 Å². The summed E-state index contributed by atoms with van der Waals surface area (Å²) < 4.78 is 5.11. The van der Waals surface area contributed by atoms with Gasteiger partial charge in [0.05, 0.1) is 6.10 Å². The van der Waals surface area contributed by atoms with Crippen LogP contribution in [0.4, 0.5) is 4.79 Å². The molecule has 1 aliphatic rings. The highest BCUT2D eigenvalue weighted by Crippen LogP contribution is 2.20. The van der Waals surface area contributed by atoms with Gasteiger partial charge in [0.15, 0.2) is 0 Å². The fraction of sp³-hybridized carbons (Fsp3) is 0.818. The van der Waals surface area contributed by atoms with Gasteiger partial charge in [-0.25, -0.2) is 9.59 Å². The second-order valence-electron chi connectivity index (χ2n) is 4.68. The Morgan fingerprint density at radius 2 is 2.18 bits per heavy atom. The highest BCUT2D eigenvalue weighted by atomic mass is 16.5. The van der Waals surface area contributed by atoms with Gasteiger partial charge in [-0.3, -0.25) is 0 Å². The molecule has 2 amide bonds. The number of hydrogen-bond donors (Lipinski definition) is 2. The second-order valence-corrected chi connectivity index (χ2v) is 4.68. The number of carboxylic acids is 1. The second kappa shape index (κ2) is 5.86. The molecule has 1 rings (SSSR count). The highest BCUT2D eigenvalue weighted by Gasteiger charge is 2.39. The average Bonchev–Trinajstić information content (AvgIpc) is 2.69. The van der Waals surface area contributed by atoms with Crippen LogP contribution in [0, 0.1) is 5.92 Å². The third kappa shape index (κ3) is 3.59. The van der Waals surface area contributed by atoms with E-state index in [1.165, 1.54) is 12.0 Å². The lowest BCUT2D eigenvalue weighted by molar-refractivity contribution is -0.141. The Bertz CT molecular complexity index is 293. The normalized spacial score (nSPS) is 24.1. The van der Waals surface area contributed by atoms with E-state index in [0.717, 1.165) is 0 Å². The van der Waals surface area contributed by atoms with Crippen LogP contribution in [0.5, 0.6) is 0 Å². The molecule has 0 aromatic carbocycles. The summed E-state index contributed by atoms with van der Waals surface area (Å²) in [6.45, 7) is 4.84. The number of ether oxygens (including phenoxy) is 1. The molecule has 0 aromatic heterocycles. The van der Waals surface area contributed by atoms with Gasteiger partial charge in [-0.1, -0.05) is 13.8 Å². The lowest BCUT2D eigenvalue weighted by atomic mass is 10.2. The van der Waals surface area contributed by atoms with Gasteiger partial charge < -0.3 is 20.1 Å². The summed E-state index contributed by atoms with van der Waals surface area (Å²) in [5.41, 5.74) is 0. The summed E-state index contributed by atoms with van der Waals surface area (Å²) in [6.07, 6.45) is 0.155. The Morgan fingerprint density at radius 1 is 1.53 bits per heavy atom. The average molecular weight is 244 g/mol.